The van der Waals surface area contributed by atoms with Gasteiger partial charge in [-0.2, -0.15) is 0 Å². The molecule has 0 fully saturated rings. The van der Waals surface area contributed by atoms with E-state index in [1.807, 2.05) is 0 Å². The average molecular weight is 558 g/mol. The molecule has 6 radical (unpaired) electrons. The summed E-state index contributed by atoms with van der Waals surface area (Å²) in [5.74, 6) is 0. The van der Waals surface area contributed by atoms with Gasteiger partial charge in [-0.25, -0.2) is 0 Å². The second-order valence-electron chi connectivity index (χ2n) is 9.45. The zero-order valence-electron chi connectivity index (χ0n) is 15.9. The quantitative estimate of drug-likeness (QED) is 0.454. The molecule has 0 aliphatic heterocycles. The van der Waals surface area contributed by atoms with Gasteiger partial charge in [-0.05, 0) is 0 Å². The van der Waals surface area contributed by atoms with Crippen molar-refractivity contribution in [1.29, 1.82) is 0 Å². The van der Waals surface area contributed by atoms with Crippen LogP contribution in [0.2, 0.25) is 78.6 Å². The van der Waals surface area contributed by atoms with E-state index in [0.717, 1.165) is 0 Å². The molecule has 0 saturated carbocycles. The van der Waals surface area contributed by atoms with Gasteiger partial charge in [0.1, 0.15) is 0 Å². The molecule has 0 aromatic rings. The molecule has 0 heterocycles. The summed E-state index contributed by atoms with van der Waals surface area (Å²) < 4.78 is 6.22. The molecule has 0 bridgehead atoms. The Labute approximate surface area is 160 Å². The molecule has 118 valence electrons. The minimum Gasteiger partial charge on any atom is 0 e. The van der Waals surface area contributed by atoms with E-state index in [-0.39, 0.29) is 23.9 Å². The van der Waals surface area contributed by atoms with Crippen LogP contribution in [0, 0.1) is 0 Å². The van der Waals surface area contributed by atoms with Crippen molar-refractivity contribution in [3.63, 3.8) is 0 Å². The first-order valence-corrected chi connectivity index (χ1v) is 23.7. The zero-order valence-corrected chi connectivity index (χ0v) is 25.6. The maximum atomic E-state index is 3.11. The van der Waals surface area contributed by atoms with Crippen molar-refractivity contribution in [2.75, 3.05) is 0 Å². The fourth-order valence-corrected chi connectivity index (χ4v) is 36.2. The third-order valence-corrected chi connectivity index (χ3v) is 43.1. The Balaban J connectivity index is 0. The van der Waals surface area contributed by atoms with Crippen molar-refractivity contribution in [3.05, 3.63) is 0 Å². The first kappa shape index (κ1) is 24.6. The van der Waals surface area contributed by atoms with Crippen molar-refractivity contribution in [2.24, 2.45) is 0 Å². The molecular formula is C12H36N2Si4Sn2. The van der Waals surface area contributed by atoms with Crippen molar-refractivity contribution in [1.82, 2.24) is 4.91 Å². The van der Waals surface area contributed by atoms with E-state index in [0.29, 0.717) is 0 Å². The minimum absolute atomic E-state index is 0. The summed E-state index contributed by atoms with van der Waals surface area (Å²) in [6.45, 7) is 30.7. The molecule has 0 unspecified atom stereocenters. The van der Waals surface area contributed by atoms with Gasteiger partial charge in [0.2, 0.25) is 0 Å². The molecule has 0 aromatic heterocycles. The van der Waals surface area contributed by atoms with E-state index in [2.05, 4.69) is 83.5 Å². The fraction of sp³-hybridized carbons (Fsp3) is 1.00. The summed E-state index contributed by atoms with van der Waals surface area (Å²) >= 11 is -0.599. The van der Waals surface area contributed by atoms with Crippen molar-refractivity contribution in [3.8, 4) is 0 Å². The van der Waals surface area contributed by atoms with Gasteiger partial charge in [-0.1, -0.05) is 0 Å². The molecule has 0 spiro atoms. The molecule has 0 N–H and O–H groups in total. The van der Waals surface area contributed by atoms with E-state index in [9.17, 15) is 0 Å². The molecule has 20 heavy (non-hydrogen) atoms. The molecule has 0 aliphatic rings. The summed E-state index contributed by atoms with van der Waals surface area (Å²) in [5.41, 5.74) is 0. The van der Waals surface area contributed by atoms with Crippen LogP contribution >= 0.6 is 0 Å². The van der Waals surface area contributed by atoms with Crippen LogP contribution in [0.4, 0.5) is 0 Å². The van der Waals surface area contributed by atoms with E-state index in [4.69, 9.17) is 0 Å². The Hall–Kier alpha value is 2.38. The van der Waals surface area contributed by atoms with Gasteiger partial charge >= 0.3 is 138 Å². The molecule has 0 aliphatic carbocycles. The van der Waals surface area contributed by atoms with Crippen LogP contribution in [0.5, 0.6) is 0 Å². The van der Waals surface area contributed by atoms with Gasteiger partial charge in [-0.15, -0.1) is 0 Å². The zero-order chi connectivity index (χ0) is 15.9. The second kappa shape index (κ2) is 7.97. The topological polar surface area (TPSA) is 6.48 Å². The van der Waals surface area contributed by atoms with E-state index in [1.165, 1.54) is 0 Å². The largest absolute Gasteiger partial charge is 0 e. The smallest absolute Gasteiger partial charge is 0 e. The summed E-state index contributed by atoms with van der Waals surface area (Å²) in [4.78, 5) is 0. The van der Waals surface area contributed by atoms with Crippen LogP contribution < -0.4 is 0 Å². The fourth-order valence-electron chi connectivity index (χ4n) is 2.71. The average Bonchev–Trinajstić information content (AvgIpc) is 1.91. The third kappa shape index (κ3) is 8.30. The summed E-state index contributed by atoms with van der Waals surface area (Å²) in [7, 11) is -4.68. The summed E-state index contributed by atoms with van der Waals surface area (Å²) in [5, 5.41) is 0. The predicted octanol–water partition coefficient (Wildman–Crippen LogP) is 4.08. The van der Waals surface area contributed by atoms with Gasteiger partial charge in [0, 0.05) is 23.9 Å². The molecule has 0 saturated heterocycles. The molecular weight excluding hydrogens is 522 g/mol. The van der Waals surface area contributed by atoms with Gasteiger partial charge in [-0.3, -0.25) is 0 Å². The molecule has 0 rings (SSSR count). The second-order valence-corrected chi connectivity index (χ2v) is 37.7. The number of hydrogen-bond acceptors (Lipinski definition) is 2. The van der Waals surface area contributed by atoms with E-state index < -0.39 is 54.6 Å². The van der Waals surface area contributed by atoms with Gasteiger partial charge in [0.15, 0.2) is 0 Å². The van der Waals surface area contributed by atoms with Crippen LogP contribution in [-0.4, -0.2) is 83.4 Å². The SMILES string of the molecule is C[Si](C)(C)[N]([Sn][N]([Si](C)(C)C)[Si](C)(C)C)[Si](C)(C)C.[Sn]. The van der Waals surface area contributed by atoms with Gasteiger partial charge in [0.25, 0.3) is 0 Å². The molecule has 8 heteroatoms. The van der Waals surface area contributed by atoms with Crippen molar-refractivity contribution >= 4 is 78.5 Å². The molecule has 0 atom stereocenters. The van der Waals surface area contributed by atoms with E-state index in [1.54, 1.807) is 0 Å². The van der Waals surface area contributed by atoms with Crippen LogP contribution in [0.1, 0.15) is 0 Å². The Morgan fingerprint density at radius 2 is 0.600 bits per heavy atom. The summed E-state index contributed by atoms with van der Waals surface area (Å²) in [6.07, 6.45) is 0. The third-order valence-electron chi connectivity index (χ3n) is 2.88. The van der Waals surface area contributed by atoms with Crippen molar-refractivity contribution < 1.29 is 0 Å². The first-order chi connectivity index (χ1) is 7.97. The Morgan fingerprint density at radius 1 is 0.450 bits per heavy atom. The van der Waals surface area contributed by atoms with Crippen LogP contribution in [0.15, 0.2) is 0 Å². The molecule has 0 amide bonds. The first-order valence-electron chi connectivity index (χ1n) is 7.34. The predicted molar refractivity (Wildman–Crippen MR) is 109 cm³/mol. The number of hydrogen-bond donors (Lipinski definition) is 0. The van der Waals surface area contributed by atoms with Crippen LogP contribution in [0.25, 0.3) is 0 Å². The molecule has 2 nitrogen and oxygen atoms in total. The van der Waals surface area contributed by atoms with Gasteiger partial charge < -0.3 is 0 Å². The Kier molecular flexibility index (Phi) is 9.82. The summed E-state index contributed by atoms with van der Waals surface area (Å²) in [6, 6.07) is 0. The monoisotopic (exact) mass is 560 g/mol. The van der Waals surface area contributed by atoms with Crippen molar-refractivity contribution in [2.45, 2.75) is 78.6 Å². The Morgan fingerprint density at radius 3 is 0.700 bits per heavy atom. The van der Waals surface area contributed by atoms with Crippen LogP contribution in [-0.2, 0) is 0 Å². The number of nitrogens with zero attached hydrogens (tertiary/aromatic N) is 2. The maximum Gasteiger partial charge on any atom is 0 e. The number of rotatable bonds is 6. The van der Waals surface area contributed by atoms with Gasteiger partial charge in [0.05, 0.1) is 0 Å². The van der Waals surface area contributed by atoms with E-state index >= 15 is 0 Å². The minimum atomic E-state index is -1.17. The van der Waals surface area contributed by atoms with Crippen LogP contribution in [0.3, 0.4) is 0 Å². The maximum absolute atomic E-state index is 3.11. The molecule has 0 aromatic carbocycles. The normalized spacial score (nSPS) is 14.7. The standard InChI is InChI=1S/2C6H18NSi2.2Sn/c2*1-8(2,3)7-9(4,5)6;;/h2*1-6H3;;/q2*-1;;+2. The Bertz CT molecular complexity index is 243.